The number of hydrogen-bond acceptors (Lipinski definition) is 3. The number of nitrogens with zero attached hydrogens (tertiary/aromatic N) is 1. The van der Waals surface area contributed by atoms with Gasteiger partial charge in [0.1, 0.15) is 0 Å². The number of hydrogen-bond donors (Lipinski definition) is 2. The van der Waals surface area contributed by atoms with Gasteiger partial charge in [-0.3, -0.25) is 0 Å². The lowest BCUT2D eigenvalue weighted by atomic mass is 10.0. The summed E-state index contributed by atoms with van der Waals surface area (Å²) in [5.74, 6) is 0. The molecule has 2 atom stereocenters. The van der Waals surface area contributed by atoms with Crippen molar-refractivity contribution in [2.24, 2.45) is 5.73 Å². The molecule has 0 heterocycles. The van der Waals surface area contributed by atoms with Crippen molar-refractivity contribution in [3.05, 3.63) is 35.4 Å². The molecule has 0 aromatic heterocycles. The summed E-state index contributed by atoms with van der Waals surface area (Å²) >= 11 is 0. The van der Waals surface area contributed by atoms with Crippen LogP contribution in [0.4, 0.5) is 0 Å². The first-order valence-corrected chi connectivity index (χ1v) is 4.09. The zero-order chi connectivity index (χ0) is 9.84. The molecule has 0 unspecified atom stereocenters. The molecule has 0 amide bonds. The highest BCUT2D eigenvalue weighted by Gasteiger charge is 2.10. The van der Waals surface area contributed by atoms with Crippen molar-refractivity contribution >= 4 is 12.4 Å². The number of aliphatic hydroxyl groups is 1. The van der Waals surface area contributed by atoms with Crippen molar-refractivity contribution in [1.82, 2.24) is 0 Å². The lowest BCUT2D eigenvalue weighted by Crippen LogP contribution is -2.22. The minimum atomic E-state index is -0.576. The van der Waals surface area contributed by atoms with Crippen LogP contribution in [0.2, 0.25) is 0 Å². The Morgan fingerprint density at radius 1 is 1.36 bits per heavy atom. The van der Waals surface area contributed by atoms with Crippen molar-refractivity contribution in [2.45, 2.75) is 19.1 Å². The molecule has 1 rings (SSSR count). The predicted octanol–water partition coefficient (Wildman–Crippen LogP) is 1.36. The van der Waals surface area contributed by atoms with Crippen molar-refractivity contribution in [2.75, 3.05) is 0 Å². The molecule has 4 heteroatoms. The third-order valence-electron chi connectivity index (χ3n) is 1.94. The molecule has 3 nitrogen and oxygen atoms in total. The van der Waals surface area contributed by atoms with Crippen LogP contribution < -0.4 is 5.73 Å². The highest BCUT2D eigenvalue weighted by molar-refractivity contribution is 5.85. The molecule has 76 valence electrons. The molecule has 0 aliphatic carbocycles. The van der Waals surface area contributed by atoms with Gasteiger partial charge in [-0.1, -0.05) is 12.1 Å². The maximum Gasteiger partial charge on any atom is 0.0991 e. The van der Waals surface area contributed by atoms with Gasteiger partial charge in [-0.15, -0.1) is 12.4 Å². The number of aliphatic hydroxyl groups excluding tert-OH is 1. The molecule has 1 aromatic carbocycles. The standard InChI is InChI=1S/C10H12N2O.ClH/c1-7(13)10(12)9-4-2-8(6-11)3-5-9;/h2-5,7,10,13H,12H2,1H3;1H/t7-,10-;/m0./s1. The normalized spacial score (nSPS) is 13.6. The van der Waals surface area contributed by atoms with Crippen molar-refractivity contribution in [1.29, 1.82) is 5.26 Å². The number of halogens is 1. The van der Waals surface area contributed by atoms with Gasteiger partial charge in [0.2, 0.25) is 0 Å². The molecule has 1 aromatic rings. The van der Waals surface area contributed by atoms with Gasteiger partial charge in [-0.2, -0.15) is 5.26 Å². The predicted molar refractivity (Wildman–Crippen MR) is 57.0 cm³/mol. The van der Waals surface area contributed by atoms with E-state index in [1.54, 1.807) is 31.2 Å². The summed E-state index contributed by atoms with van der Waals surface area (Å²) in [4.78, 5) is 0. The van der Waals surface area contributed by atoms with Gasteiger partial charge in [0, 0.05) is 0 Å². The molecule has 0 aliphatic rings. The van der Waals surface area contributed by atoms with E-state index in [-0.39, 0.29) is 18.4 Å². The van der Waals surface area contributed by atoms with Crippen molar-refractivity contribution in [3.8, 4) is 6.07 Å². The first-order valence-electron chi connectivity index (χ1n) is 4.09. The summed E-state index contributed by atoms with van der Waals surface area (Å²) in [6, 6.07) is 8.54. The van der Waals surface area contributed by atoms with E-state index < -0.39 is 6.10 Å². The Hall–Kier alpha value is -1.08. The van der Waals surface area contributed by atoms with Gasteiger partial charge in [-0.05, 0) is 24.6 Å². The van der Waals surface area contributed by atoms with Crippen LogP contribution in [0.1, 0.15) is 24.1 Å². The summed E-state index contributed by atoms with van der Waals surface area (Å²) < 4.78 is 0. The first kappa shape index (κ1) is 12.9. The largest absolute Gasteiger partial charge is 0.391 e. The van der Waals surface area contributed by atoms with Crippen LogP contribution in [-0.4, -0.2) is 11.2 Å². The van der Waals surface area contributed by atoms with E-state index in [4.69, 9.17) is 11.0 Å². The van der Waals surface area contributed by atoms with Gasteiger partial charge in [0.15, 0.2) is 0 Å². The van der Waals surface area contributed by atoms with Gasteiger partial charge in [-0.25, -0.2) is 0 Å². The summed E-state index contributed by atoms with van der Waals surface area (Å²) in [6.45, 7) is 1.64. The van der Waals surface area contributed by atoms with E-state index in [1.807, 2.05) is 6.07 Å². The lowest BCUT2D eigenvalue weighted by molar-refractivity contribution is 0.164. The Morgan fingerprint density at radius 2 is 1.86 bits per heavy atom. The van der Waals surface area contributed by atoms with E-state index in [9.17, 15) is 5.11 Å². The topological polar surface area (TPSA) is 70.0 Å². The second kappa shape index (κ2) is 5.61. The minimum Gasteiger partial charge on any atom is -0.391 e. The van der Waals surface area contributed by atoms with E-state index in [2.05, 4.69) is 0 Å². The third-order valence-corrected chi connectivity index (χ3v) is 1.94. The van der Waals surface area contributed by atoms with Crippen molar-refractivity contribution in [3.63, 3.8) is 0 Å². The average molecular weight is 213 g/mol. The Bertz CT molecular complexity index is 316. The van der Waals surface area contributed by atoms with Crippen LogP contribution >= 0.6 is 12.4 Å². The lowest BCUT2D eigenvalue weighted by Gasteiger charge is -2.14. The fourth-order valence-electron chi connectivity index (χ4n) is 1.06. The molecular formula is C10H13ClN2O. The molecule has 3 N–H and O–H groups in total. The van der Waals surface area contributed by atoms with Crippen LogP contribution in [0.3, 0.4) is 0 Å². The van der Waals surface area contributed by atoms with Crippen LogP contribution in [0.25, 0.3) is 0 Å². The molecule has 0 aliphatic heterocycles. The quantitative estimate of drug-likeness (QED) is 0.778. The van der Waals surface area contributed by atoms with E-state index in [1.165, 1.54) is 0 Å². The summed E-state index contributed by atoms with van der Waals surface area (Å²) in [6.07, 6.45) is -0.576. The summed E-state index contributed by atoms with van der Waals surface area (Å²) in [5, 5.41) is 17.8. The molecular weight excluding hydrogens is 200 g/mol. The van der Waals surface area contributed by atoms with Crippen LogP contribution in [0.15, 0.2) is 24.3 Å². The Morgan fingerprint density at radius 3 is 2.21 bits per heavy atom. The second-order valence-electron chi connectivity index (χ2n) is 3.00. The zero-order valence-electron chi connectivity index (χ0n) is 7.84. The fourth-order valence-corrected chi connectivity index (χ4v) is 1.06. The molecule has 0 fully saturated rings. The number of nitrogens with two attached hydrogens (primary N) is 1. The third kappa shape index (κ3) is 3.00. The van der Waals surface area contributed by atoms with E-state index in [0.717, 1.165) is 5.56 Å². The molecule has 0 spiro atoms. The first-order chi connectivity index (χ1) is 6.15. The van der Waals surface area contributed by atoms with Crippen LogP contribution in [-0.2, 0) is 0 Å². The fraction of sp³-hybridized carbons (Fsp3) is 0.300. The van der Waals surface area contributed by atoms with Crippen LogP contribution in [0, 0.1) is 11.3 Å². The summed E-state index contributed by atoms with van der Waals surface area (Å²) in [7, 11) is 0. The van der Waals surface area contributed by atoms with Gasteiger partial charge < -0.3 is 10.8 Å². The maximum atomic E-state index is 9.21. The highest BCUT2D eigenvalue weighted by atomic mass is 35.5. The van der Waals surface area contributed by atoms with E-state index >= 15 is 0 Å². The average Bonchev–Trinajstić information content (AvgIpc) is 2.17. The minimum absolute atomic E-state index is 0. The number of benzene rings is 1. The van der Waals surface area contributed by atoms with Gasteiger partial charge in [0.05, 0.1) is 23.8 Å². The number of rotatable bonds is 2. The molecule has 0 radical (unpaired) electrons. The highest BCUT2D eigenvalue weighted by Crippen LogP contribution is 2.14. The Balaban J connectivity index is 0.00000169. The van der Waals surface area contributed by atoms with Crippen LogP contribution in [0.5, 0.6) is 0 Å². The monoisotopic (exact) mass is 212 g/mol. The van der Waals surface area contributed by atoms with Gasteiger partial charge in [0.25, 0.3) is 0 Å². The molecule has 14 heavy (non-hydrogen) atoms. The maximum absolute atomic E-state index is 9.21. The Kier molecular flexibility index (Phi) is 5.18. The summed E-state index contributed by atoms with van der Waals surface area (Å²) in [5.41, 5.74) is 7.14. The van der Waals surface area contributed by atoms with Crippen molar-refractivity contribution < 1.29 is 5.11 Å². The van der Waals surface area contributed by atoms with Gasteiger partial charge >= 0.3 is 0 Å². The Labute approximate surface area is 89.6 Å². The number of nitriles is 1. The SMILES string of the molecule is C[C@H](O)[C@H](N)c1ccc(C#N)cc1.Cl. The molecule has 0 bridgehead atoms. The van der Waals surface area contributed by atoms with E-state index in [0.29, 0.717) is 5.56 Å². The second-order valence-corrected chi connectivity index (χ2v) is 3.00. The zero-order valence-corrected chi connectivity index (χ0v) is 8.66. The smallest absolute Gasteiger partial charge is 0.0991 e. The molecule has 0 saturated heterocycles. The molecule has 0 saturated carbocycles.